The van der Waals surface area contributed by atoms with Gasteiger partial charge in [-0.25, -0.2) is 0 Å². The van der Waals surface area contributed by atoms with E-state index >= 15 is 0 Å². The van der Waals surface area contributed by atoms with Gasteiger partial charge in [-0.15, -0.1) is 0 Å². The van der Waals surface area contributed by atoms with Crippen LogP contribution in [0, 0.1) is 13.8 Å². The number of carbonyl (C=O) groups is 2. The van der Waals surface area contributed by atoms with E-state index in [1.807, 2.05) is 62.4 Å². The molecule has 1 aliphatic rings. The molecule has 0 atom stereocenters. The number of imide groups is 1. The Morgan fingerprint density at radius 1 is 0.913 bits per heavy atom. The Labute approximate surface area is 135 Å². The van der Waals surface area contributed by atoms with Gasteiger partial charge in [-0.1, -0.05) is 42.0 Å². The summed E-state index contributed by atoms with van der Waals surface area (Å²) in [6.45, 7) is 3.95. The second-order valence-corrected chi connectivity index (χ2v) is 5.73. The van der Waals surface area contributed by atoms with Crippen LogP contribution in [-0.2, 0) is 9.59 Å². The minimum absolute atomic E-state index is 0.277. The van der Waals surface area contributed by atoms with Gasteiger partial charge in [-0.3, -0.25) is 14.5 Å². The lowest BCUT2D eigenvalue weighted by atomic mass is 9.97. The fourth-order valence-corrected chi connectivity index (χ4v) is 2.77. The summed E-state index contributed by atoms with van der Waals surface area (Å²) in [5.74, 6) is -0.589. The van der Waals surface area contributed by atoms with Gasteiger partial charge in [-0.05, 0) is 37.1 Å². The minimum atomic E-state index is -0.311. The Balaban J connectivity index is 2.14. The quantitative estimate of drug-likeness (QED) is 0.886. The molecule has 0 aliphatic carbocycles. The predicted molar refractivity (Wildman–Crippen MR) is 90.7 cm³/mol. The zero-order valence-electron chi connectivity index (χ0n) is 13.4. The van der Waals surface area contributed by atoms with E-state index in [0.717, 1.165) is 27.3 Å². The fraction of sp³-hybridized carbons (Fsp3) is 0.158. The van der Waals surface area contributed by atoms with E-state index in [4.69, 9.17) is 0 Å². The summed E-state index contributed by atoms with van der Waals surface area (Å²) in [7, 11) is 1.51. The molecule has 3 rings (SSSR count). The van der Waals surface area contributed by atoms with Crippen molar-refractivity contribution in [1.29, 1.82) is 0 Å². The molecule has 0 spiro atoms. The molecule has 4 heteroatoms. The summed E-state index contributed by atoms with van der Waals surface area (Å²) < 4.78 is 0. The van der Waals surface area contributed by atoms with Gasteiger partial charge in [0.05, 0.1) is 5.57 Å². The number of para-hydroxylation sites is 1. The van der Waals surface area contributed by atoms with Crippen LogP contribution in [0.1, 0.15) is 16.7 Å². The zero-order chi connectivity index (χ0) is 16.6. The number of aryl methyl sites for hydroxylation is 2. The molecule has 1 N–H and O–H groups in total. The van der Waals surface area contributed by atoms with Crippen molar-refractivity contribution in [2.45, 2.75) is 13.8 Å². The Bertz CT molecular complexity index is 823. The second kappa shape index (κ2) is 5.72. The number of likely N-dealkylation sites (N-methyl/N-ethyl adjacent to an activating group) is 1. The molecule has 0 unspecified atom stereocenters. The topological polar surface area (TPSA) is 49.4 Å². The monoisotopic (exact) mass is 306 g/mol. The van der Waals surface area contributed by atoms with E-state index in [9.17, 15) is 9.59 Å². The van der Waals surface area contributed by atoms with Gasteiger partial charge in [0.2, 0.25) is 0 Å². The van der Waals surface area contributed by atoms with Crippen LogP contribution in [0.2, 0.25) is 0 Å². The van der Waals surface area contributed by atoms with Crippen molar-refractivity contribution in [3.8, 4) is 0 Å². The van der Waals surface area contributed by atoms with Gasteiger partial charge in [-0.2, -0.15) is 0 Å². The van der Waals surface area contributed by atoms with E-state index in [-0.39, 0.29) is 11.8 Å². The molecule has 23 heavy (non-hydrogen) atoms. The van der Waals surface area contributed by atoms with Crippen molar-refractivity contribution in [2.75, 3.05) is 12.4 Å². The molecule has 0 saturated heterocycles. The second-order valence-electron chi connectivity index (χ2n) is 5.73. The molecule has 1 heterocycles. The van der Waals surface area contributed by atoms with Crippen LogP contribution < -0.4 is 5.32 Å². The van der Waals surface area contributed by atoms with Crippen molar-refractivity contribution in [3.05, 3.63) is 70.9 Å². The summed E-state index contributed by atoms with van der Waals surface area (Å²) in [4.78, 5) is 26.2. The van der Waals surface area contributed by atoms with Crippen LogP contribution in [0.3, 0.4) is 0 Å². The number of amides is 2. The number of carbonyl (C=O) groups excluding carboxylic acids is 2. The molecule has 2 aromatic carbocycles. The molecule has 1 aliphatic heterocycles. The largest absolute Gasteiger partial charge is 0.350 e. The maximum Gasteiger partial charge on any atom is 0.277 e. The minimum Gasteiger partial charge on any atom is -0.350 e. The first-order valence-corrected chi connectivity index (χ1v) is 7.45. The van der Waals surface area contributed by atoms with Crippen LogP contribution in [-0.4, -0.2) is 23.8 Å². The lowest BCUT2D eigenvalue weighted by molar-refractivity contribution is -0.135. The summed E-state index contributed by atoms with van der Waals surface area (Å²) in [5, 5.41) is 3.11. The van der Waals surface area contributed by atoms with Crippen LogP contribution in [0.15, 0.2) is 54.2 Å². The van der Waals surface area contributed by atoms with Crippen LogP contribution in [0.4, 0.5) is 5.69 Å². The highest BCUT2D eigenvalue weighted by Gasteiger charge is 2.37. The van der Waals surface area contributed by atoms with Gasteiger partial charge < -0.3 is 5.32 Å². The summed E-state index contributed by atoms with van der Waals surface area (Å²) >= 11 is 0. The number of rotatable bonds is 3. The van der Waals surface area contributed by atoms with Gasteiger partial charge in [0.25, 0.3) is 11.8 Å². The summed E-state index contributed by atoms with van der Waals surface area (Å²) in [5.41, 5.74) is 4.42. The van der Waals surface area contributed by atoms with Crippen LogP contribution >= 0.6 is 0 Å². The number of hydrogen-bond donors (Lipinski definition) is 1. The average molecular weight is 306 g/mol. The zero-order valence-corrected chi connectivity index (χ0v) is 13.4. The molecular formula is C19H18N2O2. The number of nitrogens with one attached hydrogen (secondary N) is 1. The summed E-state index contributed by atoms with van der Waals surface area (Å²) in [6, 6.07) is 15.3. The van der Waals surface area contributed by atoms with Crippen molar-refractivity contribution in [2.24, 2.45) is 0 Å². The highest BCUT2D eigenvalue weighted by Crippen LogP contribution is 2.31. The SMILES string of the molecule is Cc1ccc(C2=C(Nc3ccccc3)C(=O)N(C)C2=O)c(C)c1. The van der Waals surface area contributed by atoms with Crippen molar-refractivity contribution in [1.82, 2.24) is 4.90 Å². The molecule has 2 amide bonds. The van der Waals surface area contributed by atoms with Crippen molar-refractivity contribution >= 4 is 23.1 Å². The maximum absolute atomic E-state index is 12.6. The number of benzene rings is 2. The van der Waals surface area contributed by atoms with Gasteiger partial charge >= 0.3 is 0 Å². The van der Waals surface area contributed by atoms with E-state index in [1.165, 1.54) is 7.05 Å². The normalized spacial score (nSPS) is 14.7. The molecule has 0 aromatic heterocycles. The third-order valence-electron chi connectivity index (χ3n) is 3.98. The molecule has 4 nitrogen and oxygen atoms in total. The Morgan fingerprint density at radius 3 is 2.26 bits per heavy atom. The lowest BCUT2D eigenvalue weighted by Gasteiger charge is -2.10. The van der Waals surface area contributed by atoms with Crippen LogP contribution in [0.5, 0.6) is 0 Å². The van der Waals surface area contributed by atoms with Crippen molar-refractivity contribution in [3.63, 3.8) is 0 Å². The maximum atomic E-state index is 12.6. The summed E-state index contributed by atoms with van der Waals surface area (Å²) in [6.07, 6.45) is 0. The smallest absolute Gasteiger partial charge is 0.277 e. The van der Waals surface area contributed by atoms with E-state index in [0.29, 0.717) is 11.3 Å². The first-order chi connectivity index (χ1) is 11.0. The first-order valence-electron chi connectivity index (χ1n) is 7.45. The number of anilines is 1. The van der Waals surface area contributed by atoms with E-state index < -0.39 is 0 Å². The fourth-order valence-electron chi connectivity index (χ4n) is 2.77. The molecule has 0 bridgehead atoms. The van der Waals surface area contributed by atoms with Gasteiger partial charge in [0.1, 0.15) is 5.70 Å². The van der Waals surface area contributed by atoms with Crippen molar-refractivity contribution < 1.29 is 9.59 Å². The number of nitrogens with zero attached hydrogens (tertiary/aromatic N) is 1. The highest BCUT2D eigenvalue weighted by atomic mass is 16.2. The lowest BCUT2D eigenvalue weighted by Crippen LogP contribution is -2.27. The predicted octanol–water partition coefficient (Wildman–Crippen LogP) is 3.13. The molecule has 0 radical (unpaired) electrons. The Morgan fingerprint density at radius 2 is 1.61 bits per heavy atom. The van der Waals surface area contributed by atoms with E-state index in [1.54, 1.807) is 0 Å². The first kappa shape index (κ1) is 15.0. The third-order valence-corrected chi connectivity index (χ3v) is 3.98. The Hall–Kier alpha value is -2.88. The van der Waals surface area contributed by atoms with Gasteiger partial charge in [0.15, 0.2) is 0 Å². The molecule has 0 saturated carbocycles. The third kappa shape index (κ3) is 2.63. The van der Waals surface area contributed by atoms with E-state index in [2.05, 4.69) is 5.32 Å². The van der Waals surface area contributed by atoms with Crippen LogP contribution in [0.25, 0.3) is 5.57 Å². The molecule has 116 valence electrons. The average Bonchev–Trinajstić information content (AvgIpc) is 2.74. The number of hydrogen-bond acceptors (Lipinski definition) is 3. The standard InChI is InChI=1S/C19H18N2O2/c1-12-9-10-15(13(2)11-12)16-17(19(23)21(3)18(16)22)20-14-7-5-4-6-8-14/h4-11,20H,1-3H3. The Kier molecular flexibility index (Phi) is 3.74. The molecule has 2 aromatic rings. The molecular weight excluding hydrogens is 288 g/mol. The highest BCUT2D eigenvalue weighted by molar-refractivity contribution is 6.36. The van der Waals surface area contributed by atoms with Gasteiger partial charge in [0, 0.05) is 12.7 Å². The molecule has 0 fully saturated rings.